The van der Waals surface area contributed by atoms with Crippen LogP contribution in [0.1, 0.15) is 13.3 Å². The SMILES string of the molecule is CCN(C(=O)CCn1ccccc1=O)c1cccc2ccccc12. The Morgan fingerprint density at radius 1 is 1.00 bits per heavy atom. The highest BCUT2D eigenvalue weighted by atomic mass is 16.2. The fourth-order valence-corrected chi connectivity index (χ4v) is 2.92. The molecule has 1 aromatic heterocycles. The molecule has 0 fully saturated rings. The molecule has 0 N–H and O–H groups in total. The molecule has 1 amide bonds. The van der Waals surface area contributed by atoms with Crippen LogP contribution in [-0.4, -0.2) is 17.0 Å². The van der Waals surface area contributed by atoms with E-state index in [0.717, 1.165) is 16.5 Å². The van der Waals surface area contributed by atoms with Crippen molar-refractivity contribution in [3.05, 3.63) is 77.2 Å². The summed E-state index contributed by atoms with van der Waals surface area (Å²) in [6.07, 6.45) is 2.00. The number of rotatable bonds is 5. The molecule has 0 aliphatic carbocycles. The van der Waals surface area contributed by atoms with Crippen molar-refractivity contribution in [3.63, 3.8) is 0 Å². The highest BCUT2D eigenvalue weighted by Crippen LogP contribution is 2.27. The largest absolute Gasteiger partial charge is 0.315 e. The molecule has 0 atom stereocenters. The Morgan fingerprint density at radius 2 is 1.75 bits per heavy atom. The summed E-state index contributed by atoms with van der Waals surface area (Å²) in [5.74, 6) is 0.0182. The van der Waals surface area contributed by atoms with Crippen LogP contribution >= 0.6 is 0 Å². The second-order valence-electron chi connectivity index (χ2n) is 5.62. The van der Waals surface area contributed by atoms with Gasteiger partial charge in [-0.1, -0.05) is 42.5 Å². The van der Waals surface area contributed by atoms with Gasteiger partial charge in [0.2, 0.25) is 5.91 Å². The fourth-order valence-electron chi connectivity index (χ4n) is 2.92. The first kappa shape index (κ1) is 16.0. The number of carbonyl (C=O) groups is 1. The van der Waals surface area contributed by atoms with E-state index in [2.05, 4.69) is 0 Å². The number of hydrogen-bond acceptors (Lipinski definition) is 2. The normalized spacial score (nSPS) is 10.7. The van der Waals surface area contributed by atoms with Crippen molar-refractivity contribution in [1.29, 1.82) is 0 Å². The number of fused-ring (bicyclic) bond motifs is 1. The predicted octanol–water partition coefficient (Wildman–Crippen LogP) is 3.44. The minimum Gasteiger partial charge on any atom is -0.315 e. The van der Waals surface area contributed by atoms with Crippen molar-refractivity contribution < 1.29 is 4.79 Å². The zero-order valence-electron chi connectivity index (χ0n) is 13.7. The van der Waals surface area contributed by atoms with E-state index in [-0.39, 0.29) is 11.5 Å². The standard InChI is InChI=1S/C20H20N2O2/c1-2-22(18-11-7-9-16-8-3-4-10-17(16)18)20(24)13-15-21-14-6-5-12-19(21)23/h3-12,14H,2,13,15H2,1H3. The van der Waals surface area contributed by atoms with Crippen LogP contribution in [0.4, 0.5) is 5.69 Å². The van der Waals surface area contributed by atoms with E-state index >= 15 is 0 Å². The molecule has 4 nitrogen and oxygen atoms in total. The van der Waals surface area contributed by atoms with Gasteiger partial charge in [-0.05, 0) is 24.4 Å². The Hall–Kier alpha value is -2.88. The maximum absolute atomic E-state index is 12.7. The number of hydrogen-bond donors (Lipinski definition) is 0. The molecule has 0 spiro atoms. The number of anilines is 1. The fraction of sp³-hybridized carbons (Fsp3) is 0.200. The summed E-state index contributed by atoms with van der Waals surface area (Å²) >= 11 is 0. The monoisotopic (exact) mass is 320 g/mol. The van der Waals surface area contributed by atoms with E-state index < -0.39 is 0 Å². The zero-order valence-corrected chi connectivity index (χ0v) is 13.7. The molecular formula is C20H20N2O2. The number of benzene rings is 2. The lowest BCUT2D eigenvalue weighted by Gasteiger charge is -2.23. The zero-order chi connectivity index (χ0) is 16.9. The van der Waals surface area contributed by atoms with Crippen LogP contribution in [0.25, 0.3) is 10.8 Å². The van der Waals surface area contributed by atoms with Gasteiger partial charge in [-0.3, -0.25) is 9.59 Å². The van der Waals surface area contributed by atoms with E-state index in [1.54, 1.807) is 27.8 Å². The summed E-state index contributed by atoms with van der Waals surface area (Å²) < 4.78 is 1.56. The maximum atomic E-state index is 12.7. The van der Waals surface area contributed by atoms with Crippen molar-refractivity contribution in [1.82, 2.24) is 4.57 Å². The Bertz CT molecular complexity index is 909. The summed E-state index contributed by atoms with van der Waals surface area (Å²) in [6, 6.07) is 19.0. The van der Waals surface area contributed by atoms with Gasteiger partial charge in [-0.15, -0.1) is 0 Å². The molecule has 3 rings (SSSR count). The highest BCUT2D eigenvalue weighted by Gasteiger charge is 2.16. The van der Waals surface area contributed by atoms with Crippen LogP contribution in [0, 0.1) is 0 Å². The number of aryl methyl sites for hydroxylation is 1. The van der Waals surface area contributed by atoms with Crippen molar-refractivity contribution in [3.8, 4) is 0 Å². The number of pyridine rings is 1. The third kappa shape index (κ3) is 3.23. The average Bonchev–Trinajstić information content (AvgIpc) is 2.62. The van der Waals surface area contributed by atoms with Crippen LogP contribution in [0.5, 0.6) is 0 Å². The van der Waals surface area contributed by atoms with Gasteiger partial charge in [0.25, 0.3) is 5.56 Å². The third-order valence-corrected chi connectivity index (χ3v) is 4.14. The van der Waals surface area contributed by atoms with Crippen LogP contribution < -0.4 is 10.5 Å². The Morgan fingerprint density at radius 3 is 2.54 bits per heavy atom. The van der Waals surface area contributed by atoms with Crippen molar-refractivity contribution in [2.75, 3.05) is 11.4 Å². The molecule has 0 aliphatic heterocycles. The molecule has 24 heavy (non-hydrogen) atoms. The first-order valence-corrected chi connectivity index (χ1v) is 8.14. The van der Waals surface area contributed by atoms with Gasteiger partial charge in [0.1, 0.15) is 0 Å². The quantitative estimate of drug-likeness (QED) is 0.722. The van der Waals surface area contributed by atoms with E-state index in [0.29, 0.717) is 19.5 Å². The second kappa shape index (κ2) is 7.13. The summed E-state index contributed by atoms with van der Waals surface area (Å²) in [7, 11) is 0. The van der Waals surface area contributed by atoms with Crippen LogP contribution in [0.3, 0.4) is 0 Å². The van der Waals surface area contributed by atoms with E-state index in [1.807, 2.05) is 49.4 Å². The number of nitrogens with zero attached hydrogens (tertiary/aromatic N) is 2. The van der Waals surface area contributed by atoms with Gasteiger partial charge >= 0.3 is 0 Å². The van der Waals surface area contributed by atoms with E-state index in [9.17, 15) is 9.59 Å². The van der Waals surface area contributed by atoms with Crippen molar-refractivity contribution in [2.45, 2.75) is 19.9 Å². The number of carbonyl (C=O) groups excluding carboxylic acids is 1. The van der Waals surface area contributed by atoms with Crippen molar-refractivity contribution in [2.24, 2.45) is 0 Å². The Labute approximate surface area is 141 Å². The number of aromatic nitrogens is 1. The Balaban J connectivity index is 1.84. The lowest BCUT2D eigenvalue weighted by Crippen LogP contribution is -2.32. The highest BCUT2D eigenvalue weighted by molar-refractivity contribution is 6.03. The first-order chi connectivity index (χ1) is 11.7. The van der Waals surface area contributed by atoms with Gasteiger partial charge in [-0.2, -0.15) is 0 Å². The topological polar surface area (TPSA) is 42.3 Å². The maximum Gasteiger partial charge on any atom is 0.250 e. The van der Waals surface area contributed by atoms with Gasteiger partial charge < -0.3 is 9.47 Å². The van der Waals surface area contributed by atoms with Gasteiger partial charge in [0.15, 0.2) is 0 Å². The molecule has 0 bridgehead atoms. The van der Waals surface area contributed by atoms with Crippen molar-refractivity contribution >= 4 is 22.4 Å². The molecule has 122 valence electrons. The van der Waals surface area contributed by atoms with E-state index in [4.69, 9.17) is 0 Å². The van der Waals surface area contributed by atoms with Gasteiger partial charge in [-0.25, -0.2) is 0 Å². The van der Waals surface area contributed by atoms with Gasteiger partial charge in [0.05, 0.1) is 5.69 Å². The third-order valence-electron chi connectivity index (χ3n) is 4.14. The summed E-state index contributed by atoms with van der Waals surface area (Å²) in [5, 5.41) is 2.17. The molecule has 1 heterocycles. The van der Waals surface area contributed by atoms with Crippen LogP contribution in [0.15, 0.2) is 71.7 Å². The molecule has 0 unspecified atom stereocenters. The first-order valence-electron chi connectivity index (χ1n) is 8.14. The second-order valence-corrected chi connectivity index (χ2v) is 5.62. The summed E-state index contributed by atoms with van der Waals surface area (Å²) in [4.78, 5) is 26.3. The smallest absolute Gasteiger partial charge is 0.250 e. The molecule has 4 heteroatoms. The average molecular weight is 320 g/mol. The molecule has 0 saturated carbocycles. The molecule has 0 aliphatic rings. The Kier molecular flexibility index (Phi) is 4.75. The summed E-state index contributed by atoms with van der Waals surface area (Å²) in [5.41, 5.74) is 0.833. The molecule has 0 saturated heterocycles. The molecule has 0 radical (unpaired) electrons. The van der Waals surface area contributed by atoms with Gasteiger partial charge in [0, 0.05) is 37.2 Å². The minimum absolute atomic E-state index is 0.0182. The minimum atomic E-state index is -0.0847. The summed E-state index contributed by atoms with van der Waals surface area (Å²) in [6.45, 7) is 2.95. The van der Waals surface area contributed by atoms with Crippen LogP contribution in [-0.2, 0) is 11.3 Å². The van der Waals surface area contributed by atoms with Crippen LogP contribution in [0.2, 0.25) is 0 Å². The number of amides is 1. The molecule has 2 aromatic carbocycles. The predicted molar refractivity (Wildman–Crippen MR) is 97.3 cm³/mol. The van der Waals surface area contributed by atoms with E-state index in [1.165, 1.54) is 6.07 Å². The molecule has 3 aromatic rings. The lowest BCUT2D eigenvalue weighted by atomic mass is 10.1. The molecular weight excluding hydrogens is 300 g/mol. The lowest BCUT2D eigenvalue weighted by molar-refractivity contribution is -0.118.